The molecule has 0 unspecified atom stereocenters. The van der Waals surface area contributed by atoms with Crippen LogP contribution in [0.3, 0.4) is 0 Å². The molecule has 106 valence electrons. The molecule has 0 radical (unpaired) electrons. The number of aromatic nitrogens is 2. The third-order valence-corrected chi connectivity index (χ3v) is 4.07. The average Bonchev–Trinajstić information content (AvgIpc) is 2.73. The number of hydrogen-bond donors (Lipinski definition) is 4. The molecule has 2 aromatic rings. The number of rotatable bonds is 4. The highest BCUT2D eigenvalue weighted by Crippen LogP contribution is 2.23. The van der Waals surface area contributed by atoms with Gasteiger partial charge in [0.2, 0.25) is 5.91 Å². The van der Waals surface area contributed by atoms with Crippen LogP contribution in [-0.2, 0) is 10.0 Å². The Hall–Kier alpha value is -2.55. The molecule has 0 bridgehead atoms. The number of aromatic amines is 1. The summed E-state index contributed by atoms with van der Waals surface area (Å²) >= 11 is 0. The third-order valence-electron chi connectivity index (χ3n) is 2.65. The number of nitrogen functional groups attached to an aromatic ring is 1. The molecule has 2 rings (SSSR count). The van der Waals surface area contributed by atoms with Crippen molar-refractivity contribution in [2.45, 2.75) is 11.8 Å². The number of amides is 1. The molecular weight excluding hydrogens is 282 g/mol. The molecule has 0 saturated carbocycles. The molecule has 1 aromatic carbocycles. The molecule has 8 nitrogen and oxygen atoms in total. The van der Waals surface area contributed by atoms with Crippen molar-refractivity contribution in [2.75, 3.05) is 10.5 Å². The third kappa shape index (κ3) is 2.57. The highest BCUT2D eigenvalue weighted by atomic mass is 32.2. The molecule has 9 heteroatoms. The standard InChI is InChI=1S/C11H13N5O3S/c1-6-5-14-15-11(6)16-20(18,19)9-3-2-7(10(13)17)4-8(9)12/h2-5H,12H2,1H3,(H2,13,17)(H2,14,15,16). The van der Waals surface area contributed by atoms with E-state index in [4.69, 9.17) is 11.5 Å². The van der Waals surface area contributed by atoms with Gasteiger partial charge in [-0.15, -0.1) is 0 Å². The Labute approximate surface area is 115 Å². The normalized spacial score (nSPS) is 11.2. The zero-order valence-electron chi connectivity index (χ0n) is 10.5. The summed E-state index contributed by atoms with van der Waals surface area (Å²) < 4.78 is 26.7. The number of aryl methyl sites for hydroxylation is 1. The molecule has 0 aliphatic rings. The van der Waals surface area contributed by atoms with Crippen LogP contribution in [0, 0.1) is 6.92 Å². The fourth-order valence-corrected chi connectivity index (χ4v) is 2.79. The second-order valence-corrected chi connectivity index (χ2v) is 5.80. The quantitative estimate of drug-likeness (QED) is 0.595. The van der Waals surface area contributed by atoms with Gasteiger partial charge in [0.05, 0.1) is 11.9 Å². The van der Waals surface area contributed by atoms with Crippen LogP contribution >= 0.6 is 0 Å². The lowest BCUT2D eigenvalue weighted by Gasteiger charge is -2.10. The first-order chi connectivity index (χ1) is 9.31. The summed E-state index contributed by atoms with van der Waals surface area (Å²) in [6.45, 7) is 1.70. The molecule has 0 aliphatic heterocycles. The monoisotopic (exact) mass is 295 g/mol. The Morgan fingerprint density at radius 2 is 2.10 bits per heavy atom. The van der Waals surface area contributed by atoms with Crippen molar-refractivity contribution >= 4 is 27.4 Å². The molecule has 0 spiro atoms. The number of carbonyl (C=O) groups excluding carboxylic acids is 1. The van der Waals surface area contributed by atoms with E-state index in [1.807, 2.05) is 0 Å². The number of nitrogens with one attached hydrogen (secondary N) is 2. The maximum Gasteiger partial charge on any atom is 0.265 e. The highest BCUT2D eigenvalue weighted by molar-refractivity contribution is 7.92. The molecule has 0 atom stereocenters. The SMILES string of the molecule is Cc1cn[nH]c1NS(=O)(=O)c1ccc(C(N)=O)cc1N. The largest absolute Gasteiger partial charge is 0.398 e. The number of hydrogen-bond acceptors (Lipinski definition) is 5. The van der Waals surface area contributed by atoms with Gasteiger partial charge in [-0.05, 0) is 25.1 Å². The minimum Gasteiger partial charge on any atom is -0.398 e. The fourth-order valence-electron chi connectivity index (χ4n) is 1.59. The summed E-state index contributed by atoms with van der Waals surface area (Å²) in [5.74, 6) is -0.429. The van der Waals surface area contributed by atoms with E-state index >= 15 is 0 Å². The maximum absolute atomic E-state index is 12.2. The molecule has 1 heterocycles. The van der Waals surface area contributed by atoms with Crippen LogP contribution < -0.4 is 16.2 Å². The molecule has 20 heavy (non-hydrogen) atoms. The maximum atomic E-state index is 12.2. The van der Waals surface area contributed by atoms with Crippen molar-refractivity contribution in [3.8, 4) is 0 Å². The number of benzene rings is 1. The fraction of sp³-hybridized carbons (Fsp3) is 0.0909. The van der Waals surface area contributed by atoms with Gasteiger partial charge in [-0.3, -0.25) is 14.6 Å². The van der Waals surface area contributed by atoms with E-state index in [1.54, 1.807) is 6.92 Å². The topological polar surface area (TPSA) is 144 Å². The summed E-state index contributed by atoms with van der Waals surface area (Å²) in [6.07, 6.45) is 1.48. The minimum atomic E-state index is -3.88. The van der Waals surface area contributed by atoms with Gasteiger partial charge < -0.3 is 11.5 Å². The van der Waals surface area contributed by atoms with E-state index in [1.165, 1.54) is 24.4 Å². The Kier molecular flexibility index (Phi) is 3.36. The number of H-pyrrole nitrogens is 1. The van der Waals surface area contributed by atoms with E-state index in [2.05, 4.69) is 14.9 Å². The van der Waals surface area contributed by atoms with Gasteiger partial charge in [-0.1, -0.05) is 0 Å². The minimum absolute atomic E-state index is 0.0639. The first-order valence-electron chi connectivity index (χ1n) is 5.53. The Morgan fingerprint density at radius 1 is 1.40 bits per heavy atom. The molecule has 1 aromatic heterocycles. The van der Waals surface area contributed by atoms with Gasteiger partial charge in [-0.2, -0.15) is 5.10 Å². The number of nitrogens with two attached hydrogens (primary N) is 2. The van der Waals surface area contributed by atoms with Crippen molar-refractivity contribution in [3.05, 3.63) is 35.5 Å². The number of sulfonamides is 1. The van der Waals surface area contributed by atoms with Crippen molar-refractivity contribution in [3.63, 3.8) is 0 Å². The van der Waals surface area contributed by atoms with Crippen LogP contribution in [0.1, 0.15) is 15.9 Å². The van der Waals surface area contributed by atoms with E-state index < -0.39 is 15.9 Å². The van der Waals surface area contributed by atoms with Crippen LogP contribution in [0.2, 0.25) is 0 Å². The second kappa shape index (κ2) is 4.85. The van der Waals surface area contributed by atoms with Gasteiger partial charge in [-0.25, -0.2) is 8.42 Å². The summed E-state index contributed by atoms with van der Waals surface area (Å²) in [6, 6.07) is 3.74. The van der Waals surface area contributed by atoms with Crippen molar-refractivity contribution in [2.24, 2.45) is 5.73 Å². The van der Waals surface area contributed by atoms with E-state index in [-0.39, 0.29) is 22.0 Å². The van der Waals surface area contributed by atoms with Gasteiger partial charge in [0.25, 0.3) is 10.0 Å². The van der Waals surface area contributed by atoms with E-state index in [0.717, 1.165) is 0 Å². The van der Waals surface area contributed by atoms with Gasteiger partial charge >= 0.3 is 0 Å². The predicted molar refractivity (Wildman–Crippen MR) is 73.5 cm³/mol. The van der Waals surface area contributed by atoms with Crippen LogP contribution in [0.4, 0.5) is 11.5 Å². The highest BCUT2D eigenvalue weighted by Gasteiger charge is 2.20. The summed E-state index contributed by atoms with van der Waals surface area (Å²) in [7, 11) is -3.88. The lowest BCUT2D eigenvalue weighted by molar-refractivity contribution is 0.1000. The Balaban J connectivity index is 2.40. The summed E-state index contributed by atoms with van der Waals surface area (Å²) in [5.41, 5.74) is 11.5. The van der Waals surface area contributed by atoms with Crippen LogP contribution in [0.5, 0.6) is 0 Å². The molecule has 0 saturated heterocycles. The number of nitrogens with zero attached hydrogens (tertiary/aromatic N) is 1. The average molecular weight is 295 g/mol. The number of primary amides is 1. The number of carbonyl (C=O) groups is 1. The Morgan fingerprint density at radius 3 is 2.60 bits per heavy atom. The Bertz CT molecular complexity index is 766. The van der Waals surface area contributed by atoms with E-state index in [9.17, 15) is 13.2 Å². The first kappa shape index (κ1) is 13.9. The second-order valence-electron chi connectivity index (χ2n) is 4.15. The van der Waals surface area contributed by atoms with Gasteiger partial charge in [0.15, 0.2) is 0 Å². The number of anilines is 2. The van der Waals surface area contributed by atoms with Crippen LogP contribution in [0.15, 0.2) is 29.3 Å². The molecule has 1 amide bonds. The molecule has 6 N–H and O–H groups in total. The summed E-state index contributed by atoms with van der Waals surface area (Å²) in [4.78, 5) is 10.9. The lowest BCUT2D eigenvalue weighted by Crippen LogP contribution is -2.17. The lowest BCUT2D eigenvalue weighted by atomic mass is 10.2. The van der Waals surface area contributed by atoms with E-state index in [0.29, 0.717) is 5.56 Å². The van der Waals surface area contributed by atoms with Crippen LogP contribution in [-0.4, -0.2) is 24.5 Å². The predicted octanol–water partition coefficient (Wildman–Crippen LogP) is 0.200. The molecule has 0 aliphatic carbocycles. The van der Waals surface area contributed by atoms with Crippen molar-refractivity contribution in [1.29, 1.82) is 0 Å². The zero-order valence-corrected chi connectivity index (χ0v) is 11.4. The molecular formula is C11H13N5O3S. The zero-order chi connectivity index (χ0) is 14.9. The van der Waals surface area contributed by atoms with Crippen LogP contribution in [0.25, 0.3) is 0 Å². The van der Waals surface area contributed by atoms with Crippen molar-refractivity contribution in [1.82, 2.24) is 10.2 Å². The first-order valence-corrected chi connectivity index (χ1v) is 7.01. The smallest absolute Gasteiger partial charge is 0.265 e. The molecule has 0 fully saturated rings. The van der Waals surface area contributed by atoms with Gasteiger partial charge in [0, 0.05) is 11.1 Å². The summed E-state index contributed by atoms with van der Waals surface area (Å²) in [5, 5.41) is 6.24. The van der Waals surface area contributed by atoms with Crippen molar-refractivity contribution < 1.29 is 13.2 Å². The van der Waals surface area contributed by atoms with Gasteiger partial charge in [0.1, 0.15) is 10.7 Å².